The van der Waals surface area contributed by atoms with Crippen LogP contribution >= 0.6 is 8.03 Å². The zero-order chi connectivity index (χ0) is 19.3. The number of ether oxygens (including phenoxy) is 2. The third-order valence-corrected chi connectivity index (χ3v) is 5.23. The minimum Gasteiger partial charge on any atom is -0.467 e. The molecule has 0 aromatic heterocycles. The molecular weight excluding hydrogens is 347 g/mol. The van der Waals surface area contributed by atoms with Gasteiger partial charge < -0.3 is 14.4 Å². The molecule has 1 N–H and O–H groups in total. The first-order chi connectivity index (χ1) is 12.3. The molecule has 2 aromatic carbocycles. The lowest BCUT2D eigenvalue weighted by Gasteiger charge is -2.17. The smallest absolute Gasteiger partial charge is 0.193 e. The Balaban J connectivity index is 2.30. The summed E-state index contributed by atoms with van der Waals surface area (Å²) in [7, 11) is -0.875. The van der Waals surface area contributed by atoms with Crippen LogP contribution in [-0.2, 0) is 21.9 Å². The summed E-state index contributed by atoms with van der Waals surface area (Å²) in [4.78, 5) is 9.19. The molecule has 26 heavy (non-hydrogen) atoms. The molecule has 0 aliphatic carbocycles. The quantitative estimate of drug-likeness (QED) is 0.522. The van der Waals surface area contributed by atoms with E-state index < -0.39 is 8.03 Å². The molecule has 5 heteroatoms. The zero-order valence-corrected chi connectivity index (χ0v) is 17.3. The first-order valence-electron chi connectivity index (χ1n) is 8.87. The topological polar surface area (TPSA) is 55.8 Å². The van der Waals surface area contributed by atoms with Crippen LogP contribution in [0.1, 0.15) is 53.1 Å². The Bertz CT molecular complexity index is 761. The standard InChI is InChI=1S/C21H29O4P/c1-14(2)19-10-17(6-7-21(19)25-13-24-5)11-20-15(3)8-18(9-16(20)4)12-26(22)23/h6-10,14,26H,11-13H2,1-5H3,(H,22,23). The molecule has 0 amide bonds. The van der Waals surface area contributed by atoms with Crippen LogP contribution in [0.3, 0.4) is 0 Å². The number of rotatable bonds is 8. The Morgan fingerprint density at radius 1 is 1.08 bits per heavy atom. The minimum absolute atomic E-state index is 0.243. The summed E-state index contributed by atoms with van der Waals surface area (Å²) >= 11 is 0. The van der Waals surface area contributed by atoms with Crippen LogP contribution in [-0.4, -0.2) is 18.8 Å². The van der Waals surface area contributed by atoms with Gasteiger partial charge >= 0.3 is 0 Å². The largest absolute Gasteiger partial charge is 0.467 e. The van der Waals surface area contributed by atoms with Crippen molar-refractivity contribution < 1.29 is 18.9 Å². The molecule has 0 bridgehead atoms. The van der Waals surface area contributed by atoms with Crippen molar-refractivity contribution in [1.29, 1.82) is 0 Å². The van der Waals surface area contributed by atoms with Crippen LogP contribution in [0.5, 0.6) is 5.75 Å². The van der Waals surface area contributed by atoms with Crippen LogP contribution in [0.4, 0.5) is 0 Å². The van der Waals surface area contributed by atoms with Gasteiger partial charge in [-0.3, -0.25) is 4.57 Å². The van der Waals surface area contributed by atoms with Gasteiger partial charge in [-0.05, 0) is 65.6 Å². The molecule has 2 aromatic rings. The highest BCUT2D eigenvalue weighted by atomic mass is 31.1. The Morgan fingerprint density at radius 3 is 2.27 bits per heavy atom. The molecule has 0 heterocycles. The van der Waals surface area contributed by atoms with E-state index in [1.54, 1.807) is 7.11 Å². The molecule has 0 aliphatic rings. The van der Waals surface area contributed by atoms with Crippen molar-refractivity contribution in [2.75, 3.05) is 13.9 Å². The van der Waals surface area contributed by atoms with E-state index >= 15 is 0 Å². The van der Waals surface area contributed by atoms with Crippen LogP contribution in [0.15, 0.2) is 30.3 Å². The molecular formula is C21H29O4P. The van der Waals surface area contributed by atoms with Crippen LogP contribution in [0.2, 0.25) is 0 Å². The molecule has 2 rings (SSSR count). The molecule has 0 radical (unpaired) electrons. The molecule has 0 aliphatic heterocycles. The monoisotopic (exact) mass is 376 g/mol. The van der Waals surface area contributed by atoms with E-state index in [1.807, 2.05) is 18.2 Å². The fourth-order valence-electron chi connectivity index (χ4n) is 3.26. The maximum absolute atomic E-state index is 11.1. The third-order valence-electron chi connectivity index (χ3n) is 4.52. The van der Waals surface area contributed by atoms with Gasteiger partial charge in [0, 0.05) is 13.3 Å². The van der Waals surface area contributed by atoms with Crippen molar-refractivity contribution in [2.45, 2.75) is 46.2 Å². The summed E-state index contributed by atoms with van der Waals surface area (Å²) in [6.45, 7) is 8.69. The predicted octanol–water partition coefficient (Wildman–Crippen LogP) is 4.97. The van der Waals surface area contributed by atoms with E-state index in [0.717, 1.165) is 28.9 Å². The van der Waals surface area contributed by atoms with E-state index in [2.05, 4.69) is 39.8 Å². The molecule has 0 saturated heterocycles. The van der Waals surface area contributed by atoms with E-state index in [1.165, 1.54) is 16.7 Å². The average molecular weight is 376 g/mol. The molecule has 0 fully saturated rings. The normalized spacial score (nSPS) is 12.4. The summed E-state index contributed by atoms with van der Waals surface area (Å²) in [5.74, 6) is 1.22. The maximum Gasteiger partial charge on any atom is 0.193 e. The highest BCUT2D eigenvalue weighted by Gasteiger charge is 2.12. The summed E-state index contributed by atoms with van der Waals surface area (Å²) in [6, 6.07) is 10.4. The van der Waals surface area contributed by atoms with Crippen molar-refractivity contribution in [2.24, 2.45) is 0 Å². The summed E-state index contributed by atoms with van der Waals surface area (Å²) < 4.78 is 21.8. The first kappa shape index (κ1) is 20.7. The van der Waals surface area contributed by atoms with Crippen molar-refractivity contribution >= 4 is 8.03 Å². The first-order valence-corrected chi connectivity index (χ1v) is 10.4. The summed E-state index contributed by atoms with van der Waals surface area (Å²) in [5, 5.41) is 0. The number of benzene rings is 2. The zero-order valence-electron chi connectivity index (χ0n) is 16.3. The molecule has 142 valence electrons. The second-order valence-electron chi connectivity index (χ2n) is 7.03. The third kappa shape index (κ3) is 5.44. The van der Waals surface area contributed by atoms with Gasteiger partial charge in [0.05, 0.1) is 0 Å². The van der Waals surface area contributed by atoms with E-state index in [9.17, 15) is 9.46 Å². The SMILES string of the molecule is COCOc1ccc(Cc2c(C)cc(C[PH](=O)O)cc2C)cc1C(C)C. The van der Waals surface area contributed by atoms with Gasteiger partial charge in [0.2, 0.25) is 0 Å². The van der Waals surface area contributed by atoms with E-state index in [-0.39, 0.29) is 13.0 Å². The Kier molecular flexibility index (Phi) is 7.45. The lowest BCUT2D eigenvalue weighted by molar-refractivity contribution is 0.0502. The molecule has 1 atom stereocenters. The van der Waals surface area contributed by atoms with Crippen molar-refractivity contribution in [3.8, 4) is 5.75 Å². The Hall–Kier alpha value is -1.61. The van der Waals surface area contributed by atoms with Gasteiger partial charge in [0.15, 0.2) is 14.8 Å². The molecule has 0 saturated carbocycles. The van der Waals surface area contributed by atoms with Crippen molar-refractivity contribution in [3.05, 3.63) is 63.7 Å². The van der Waals surface area contributed by atoms with Crippen LogP contribution in [0, 0.1) is 13.8 Å². The van der Waals surface area contributed by atoms with Gasteiger partial charge in [0.1, 0.15) is 5.75 Å². The van der Waals surface area contributed by atoms with E-state index in [0.29, 0.717) is 5.92 Å². The lowest BCUT2D eigenvalue weighted by atomic mass is 9.92. The minimum atomic E-state index is -2.49. The number of hydrogen-bond donors (Lipinski definition) is 1. The second-order valence-corrected chi connectivity index (χ2v) is 8.17. The van der Waals surface area contributed by atoms with Gasteiger partial charge in [-0.25, -0.2) is 0 Å². The van der Waals surface area contributed by atoms with Crippen molar-refractivity contribution in [1.82, 2.24) is 0 Å². The van der Waals surface area contributed by atoms with Gasteiger partial charge in [-0.15, -0.1) is 0 Å². The average Bonchev–Trinajstić information content (AvgIpc) is 2.56. The number of hydrogen-bond acceptors (Lipinski definition) is 3. The fraction of sp³-hybridized carbons (Fsp3) is 0.429. The van der Waals surface area contributed by atoms with Crippen LogP contribution in [0.25, 0.3) is 0 Å². The Labute approximate surface area is 157 Å². The summed E-state index contributed by atoms with van der Waals surface area (Å²) in [6.07, 6.45) is 1.08. The second kappa shape index (κ2) is 9.36. The fourth-order valence-corrected chi connectivity index (χ4v) is 3.81. The van der Waals surface area contributed by atoms with Crippen molar-refractivity contribution in [3.63, 3.8) is 0 Å². The Morgan fingerprint density at radius 2 is 1.73 bits per heavy atom. The van der Waals surface area contributed by atoms with E-state index in [4.69, 9.17) is 9.47 Å². The lowest BCUT2D eigenvalue weighted by Crippen LogP contribution is -2.04. The highest BCUT2D eigenvalue weighted by molar-refractivity contribution is 7.37. The predicted molar refractivity (Wildman–Crippen MR) is 107 cm³/mol. The van der Waals surface area contributed by atoms with Gasteiger partial charge in [-0.2, -0.15) is 0 Å². The molecule has 0 spiro atoms. The number of methoxy groups -OCH3 is 1. The van der Waals surface area contributed by atoms with Gasteiger partial charge in [-0.1, -0.05) is 38.1 Å². The highest BCUT2D eigenvalue weighted by Crippen LogP contribution is 2.30. The number of aryl methyl sites for hydroxylation is 2. The van der Waals surface area contributed by atoms with Crippen LogP contribution < -0.4 is 4.74 Å². The summed E-state index contributed by atoms with van der Waals surface area (Å²) in [5.41, 5.74) is 6.93. The molecule has 1 unspecified atom stereocenters. The van der Waals surface area contributed by atoms with Gasteiger partial charge in [0.25, 0.3) is 0 Å². The maximum atomic E-state index is 11.1. The molecule has 4 nitrogen and oxygen atoms in total.